The number of allylic oxidation sites excluding steroid dienone is 1. The number of hydrogen-bond donors (Lipinski definition) is 1. The number of hydrogen-bond acceptors (Lipinski definition) is 2. The Morgan fingerprint density at radius 2 is 2.00 bits per heavy atom. The number of aromatic nitrogens is 2. The normalized spacial score (nSPS) is 11.6. The van der Waals surface area contributed by atoms with Crippen molar-refractivity contribution < 1.29 is 13.2 Å². The lowest BCUT2D eigenvalue weighted by Crippen LogP contribution is -2.08. The van der Waals surface area contributed by atoms with Crippen molar-refractivity contribution >= 4 is 5.82 Å². The number of benzene rings is 1. The quantitative estimate of drug-likeness (QED) is 0.869. The second-order valence-electron chi connectivity index (χ2n) is 4.56. The molecule has 1 aromatic carbocycles. The van der Waals surface area contributed by atoms with Crippen LogP contribution in [0.25, 0.3) is 11.3 Å². The standard InChI is InChI=1S/C15H16F3N3/c1-3-9-21-12(4-2)20-13(14(21)19)10-7-5-6-8-11(10)15(16,17)18/h3,5-8H,1,4,9,19H2,2H3. The van der Waals surface area contributed by atoms with Crippen LogP contribution >= 0.6 is 0 Å². The smallest absolute Gasteiger partial charge is 0.383 e. The fourth-order valence-electron chi connectivity index (χ4n) is 2.25. The molecule has 0 aliphatic heterocycles. The van der Waals surface area contributed by atoms with Gasteiger partial charge in [-0.1, -0.05) is 31.2 Å². The van der Waals surface area contributed by atoms with Crippen molar-refractivity contribution in [3.8, 4) is 11.3 Å². The van der Waals surface area contributed by atoms with Gasteiger partial charge in [0.25, 0.3) is 0 Å². The first-order valence-corrected chi connectivity index (χ1v) is 6.52. The van der Waals surface area contributed by atoms with Gasteiger partial charge >= 0.3 is 6.18 Å². The lowest BCUT2D eigenvalue weighted by Gasteiger charge is -2.11. The van der Waals surface area contributed by atoms with Crippen molar-refractivity contribution in [3.63, 3.8) is 0 Å². The van der Waals surface area contributed by atoms with Crippen molar-refractivity contribution in [2.24, 2.45) is 0 Å². The number of rotatable bonds is 4. The molecule has 2 rings (SSSR count). The molecule has 1 heterocycles. The molecule has 0 aliphatic carbocycles. The molecular formula is C15H16F3N3. The number of anilines is 1. The van der Waals surface area contributed by atoms with E-state index >= 15 is 0 Å². The number of halogens is 3. The zero-order valence-corrected chi connectivity index (χ0v) is 11.6. The van der Waals surface area contributed by atoms with E-state index in [4.69, 9.17) is 5.73 Å². The molecule has 3 nitrogen and oxygen atoms in total. The molecule has 0 atom stereocenters. The van der Waals surface area contributed by atoms with Crippen molar-refractivity contribution in [1.29, 1.82) is 0 Å². The van der Waals surface area contributed by atoms with Crippen LogP contribution in [-0.2, 0) is 19.1 Å². The second-order valence-corrected chi connectivity index (χ2v) is 4.56. The highest BCUT2D eigenvalue weighted by atomic mass is 19.4. The number of aryl methyl sites for hydroxylation is 1. The molecule has 0 aliphatic rings. The molecule has 0 unspecified atom stereocenters. The van der Waals surface area contributed by atoms with E-state index in [1.165, 1.54) is 12.1 Å². The largest absolute Gasteiger partial charge is 0.417 e. The molecule has 0 saturated heterocycles. The van der Waals surface area contributed by atoms with E-state index in [-0.39, 0.29) is 17.1 Å². The van der Waals surface area contributed by atoms with Crippen LogP contribution in [0.15, 0.2) is 36.9 Å². The van der Waals surface area contributed by atoms with E-state index in [9.17, 15) is 13.2 Å². The number of nitrogen functional groups attached to an aromatic ring is 1. The molecular weight excluding hydrogens is 279 g/mol. The summed E-state index contributed by atoms with van der Waals surface area (Å²) in [4.78, 5) is 4.28. The van der Waals surface area contributed by atoms with E-state index in [0.717, 1.165) is 6.07 Å². The van der Waals surface area contributed by atoms with Gasteiger partial charge in [-0.15, -0.1) is 6.58 Å². The van der Waals surface area contributed by atoms with Crippen LogP contribution in [0.5, 0.6) is 0 Å². The van der Waals surface area contributed by atoms with Crippen LogP contribution in [0.2, 0.25) is 0 Å². The molecule has 0 radical (unpaired) electrons. The van der Waals surface area contributed by atoms with E-state index in [0.29, 0.717) is 18.8 Å². The summed E-state index contributed by atoms with van der Waals surface area (Å²) in [6.45, 7) is 5.92. The van der Waals surface area contributed by atoms with Crippen molar-refractivity contribution in [1.82, 2.24) is 9.55 Å². The molecule has 0 bridgehead atoms. The zero-order chi connectivity index (χ0) is 15.6. The lowest BCUT2D eigenvalue weighted by molar-refractivity contribution is -0.137. The van der Waals surface area contributed by atoms with Crippen LogP contribution in [0, 0.1) is 0 Å². The second kappa shape index (κ2) is 5.63. The highest BCUT2D eigenvalue weighted by Gasteiger charge is 2.34. The molecule has 21 heavy (non-hydrogen) atoms. The summed E-state index contributed by atoms with van der Waals surface area (Å²) in [5.41, 5.74) is 5.43. The van der Waals surface area contributed by atoms with Crippen molar-refractivity contribution in [3.05, 3.63) is 48.3 Å². The Balaban J connectivity index is 2.66. The van der Waals surface area contributed by atoms with Crippen LogP contribution in [0.1, 0.15) is 18.3 Å². The summed E-state index contributed by atoms with van der Waals surface area (Å²) in [6, 6.07) is 5.32. The highest BCUT2D eigenvalue weighted by Crippen LogP contribution is 2.38. The Morgan fingerprint density at radius 1 is 1.33 bits per heavy atom. The van der Waals surface area contributed by atoms with E-state index in [1.54, 1.807) is 16.7 Å². The molecule has 0 amide bonds. The third-order valence-electron chi connectivity index (χ3n) is 3.20. The monoisotopic (exact) mass is 295 g/mol. The summed E-state index contributed by atoms with van der Waals surface area (Å²) in [5, 5.41) is 0. The predicted molar refractivity (Wildman–Crippen MR) is 76.7 cm³/mol. The minimum absolute atomic E-state index is 0.0000113. The van der Waals surface area contributed by atoms with Crippen molar-refractivity contribution in [2.75, 3.05) is 5.73 Å². The first kappa shape index (κ1) is 15.2. The van der Waals surface area contributed by atoms with E-state index in [1.807, 2.05) is 6.92 Å². The molecule has 2 N–H and O–H groups in total. The fourth-order valence-corrected chi connectivity index (χ4v) is 2.25. The van der Waals surface area contributed by atoms with E-state index in [2.05, 4.69) is 11.6 Å². The van der Waals surface area contributed by atoms with Gasteiger partial charge in [0.15, 0.2) is 0 Å². The molecule has 2 aromatic rings. The van der Waals surface area contributed by atoms with Crippen LogP contribution in [0.4, 0.5) is 19.0 Å². The predicted octanol–water partition coefficient (Wildman–Crippen LogP) is 3.90. The van der Waals surface area contributed by atoms with Crippen molar-refractivity contribution in [2.45, 2.75) is 26.1 Å². The van der Waals surface area contributed by atoms with Crippen LogP contribution in [-0.4, -0.2) is 9.55 Å². The summed E-state index contributed by atoms with van der Waals surface area (Å²) in [7, 11) is 0. The maximum absolute atomic E-state index is 13.1. The third-order valence-corrected chi connectivity index (χ3v) is 3.20. The molecule has 0 spiro atoms. The van der Waals surface area contributed by atoms with Crippen LogP contribution < -0.4 is 5.73 Å². The average Bonchev–Trinajstić information content (AvgIpc) is 2.75. The first-order chi connectivity index (χ1) is 9.90. The average molecular weight is 295 g/mol. The Bertz CT molecular complexity index is 657. The Hall–Kier alpha value is -2.24. The number of alkyl halides is 3. The fraction of sp³-hybridized carbons (Fsp3) is 0.267. The summed E-state index contributed by atoms with van der Waals surface area (Å²) in [5.74, 6) is 0.864. The molecule has 0 fully saturated rings. The van der Waals surface area contributed by atoms with Gasteiger partial charge in [0.05, 0.1) is 5.56 Å². The minimum Gasteiger partial charge on any atom is -0.383 e. The third kappa shape index (κ3) is 2.79. The van der Waals surface area contributed by atoms with Gasteiger partial charge in [0.2, 0.25) is 0 Å². The number of imidazole rings is 1. The van der Waals surface area contributed by atoms with Crippen LogP contribution in [0.3, 0.4) is 0 Å². The van der Waals surface area contributed by atoms with Gasteiger partial charge in [0.1, 0.15) is 17.3 Å². The maximum Gasteiger partial charge on any atom is 0.417 e. The van der Waals surface area contributed by atoms with E-state index < -0.39 is 11.7 Å². The summed E-state index contributed by atoms with van der Waals surface area (Å²) >= 11 is 0. The molecule has 6 heteroatoms. The Kier molecular flexibility index (Phi) is 4.06. The SMILES string of the molecule is C=CCn1c(CC)nc(-c2ccccc2C(F)(F)F)c1N. The molecule has 1 aromatic heterocycles. The highest BCUT2D eigenvalue weighted by molar-refractivity contribution is 5.74. The van der Waals surface area contributed by atoms with Gasteiger partial charge < -0.3 is 10.3 Å². The zero-order valence-electron chi connectivity index (χ0n) is 11.6. The molecule has 112 valence electrons. The summed E-state index contributed by atoms with van der Waals surface area (Å²) < 4.78 is 41.0. The van der Waals surface area contributed by atoms with Gasteiger partial charge in [-0.3, -0.25) is 0 Å². The summed E-state index contributed by atoms with van der Waals surface area (Å²) in [6.07, 6.45) is -2.24. The Labute approximate surface area is 120 Å². The van der Waals surface area contributed by atoms with Gasteiger partial charge in [-0.25, -0.2) is 4.98 Å². The van der Waals surface area contributed by atoms with Gasteiger partial charge in [-0.2, -0.15) is 13.2 Å². The minimum atomic E-state index is -4.45. The van der Waals surface area contributed by atoms with Gasteiger partial charge in [-0.05, 0) is 6.07 Å². The first-order valence-electron chi connectivity index (χ1n) is 6.52. The number of nitrogens with zero attached hydrogens (tertiary/aromatic N) is 2. The Morgan fingerprint density at radius 3 is 2.57 bits per heavy atom. The maximum atomic E-state index is 13.1. The molecule has 0 saturated carbocycles. The topological polar surface area (TPSA) is 43.8 Å². The lowest BCUT2D eigenvalue weighted by atomic mass is 10.0. The van der Waals surface area contributed by atoms with Gasteiger partial charge in [0, 0.05) is 18.5 Å². The number of nitrogens with two attached hydrogens (primary N) is 1.